The maximum Gasteiger partial charge on any atom is 0.303 e. The predicted octanol–water partition coefficient (Wildman–Crippen LogP) is 5.63. The molecule has 7 heteroatoms. The summed E-state index contributed by atoms with van der Waals surface area (Å²) in [5.41, 5.74) is 4.64. The maximum atomic E-state index is 15.0. The van der Waals surface area contributed by atoms with Gasteiger partial charge in [0.05, 0.1) is 11.3 Å². The highest BCUT2D eigenvalue weighted by atomic mass is 19.1. The van der Waals surface area contributed by atoms with Gasteiger partial charge in [-0.2, -0.15) is 0 Å². The van der Waals surface area contributed by atoms with Crippen LogP contribution in [0.3, 0.4) is 0 Å². The lowest BCUT2D eigenvalue weighted by molar-refractivity contribution is -0.138. The molecule has 1 unspecified atom stereocenters. The molecule has 6 nitrogen and oxygen atoms in total. The topological polar surface area (TPSA) is 75.5 Å². The number of nitrogens with zero attached hydrogens (tertiary/aromatic N) is 3. The van der Waals surface area contributed by atoms with E-state index in [2.05, 4.69) is 47.8 Å². The molecule has 1 atom stereocenters. The molecule has 0 radical (unpaired) electrons. The summed E-state index contributed by atoms with van der Waals surface area (Å²) < 4.78 is 20.8. The third kappa shape index (κ3) is 6.46. The van der Waals surface area contributed by atoms with Crippen LogP contribution in [0.5, 0.6) is 5.75 Å². The Labute approximate surface area is 212 Å². The number of rotatable bonds is 8. The standard InChI is InChI=1S/C29H34FN3O3/c1-19(13-27(34)35)16-33-12-11-26-21(17-33)15-31-28(32-26)24-10-9-23(14-25(24)30)36-18-20-5-7-22(8-6-20)29(2,3)4/h5-10,14-15,19H,11-13,16-18H2,1-4H3,(H,34,35). The third-order valence-corrected chi connectivity index (χ3v) is 6.51. The first-order chi connectivity index (χ1) is 17.1. The molecule has 0 fully saturated rings. The molecule has 2 heterocycles. The van der Waals surface area contributed by atoms with E-state index in [0.717, 1.165) is 29.8 Å². The summed E-state index contributed by atoms with van der Waals surface area (Å²) in [6.07, 6.45) is 2.64. The van der Waals surface area contributed by atoms with Gasteiger partial charge in [0.2, 0.25) is 0 Å². The number of benzene rings is 2. The Balaban J connectivity index is 1.39. The average Bonchev–Trinajstić information content (AvgIpc) is 2.81. The second-order valence-electron chi connectivity index (χ2n) is 10.7. The predicted molar refractivity (Wildman–Crippen MR) is 137 cm³/mol. The number of halogens is 1. The van der Waals surface area contributed by atoms with Crippen molar-refractivity contribution < 1.29 is 19.0 Å². The highest BCUT2D eigenvalue weighted by molar-refractivity contribution is 5.67. The Bertz CT molecular complexity index is 1220. The van der Waals surface area contributed by atoms with Gasteiger partial charge in [-0.05, 0) is 34.6 Å². The van der Waals surface area contributed by atoms with Gasteiger partial charge in [0.1, 0.15) is 18.2 Å². The van der Waals surface area contributed by atoms with Gasteiger partial charge in [0.15, 0.2) is 5.82 Å². The molecule has 1 aliphatic heterocycles. The van der Waals surface area contributed by atoms with Gasteiger partial charge < -0.3 is 9.84 Å². The van der Waals surface area contributed by atoms with Crippen molar-refractivity contribution in [2.75, 3.05) is 13.1 Å². The van der Waals surface area contributed by atoms with Crippen molar-refractivity contribution in [3.63, 3.8) is 0 Å². The fraction of sp³-hybridized carbons (Fsp3) is 0.414. The van der Waals surface area contributed by atoms with E-state index < -0.39 is 11.8 Å². The minimum absolute atomic E-state index is 0.0712. The monoisotopic (exact) mass is 491 g/mol. The third-order valence-electron chi connectivity index (χ3n) is 6.51. The summed E-state index contributed by atoms with van der Waals surface area (Å²) in [5, 5.41) is 8.99. The summed E-state index contributed by atoms with van der Waals surface area (Å²) in [6, 6.07) is 13.1. The lowest BCUT2D eigenvalue weighted by Gasteiger charge is -2.29. The first-order valence-electron chi connectivity index (χ1n) is 12.4. The van der Waals surface area contributed by atoms with Crippen molar-refractivity contribution in [1.29, 1.82) is 0 Å². The quantitative estimate of drug-likeness (QED) is 0.440. The number of carbonyl (C=O) groups is 1. The van der Waals surface area contributed by atoms with Gasteiger partial charge in [0, 0.05) is 50.3 Å². The van der Waals surface area contributed by atoms with Crippen LogP contribution in [0.25, 0.3) is 11.4 Å². The van der Waals surface area contributed by atoms with Crippen LogP contribution in [0.2, 0.25) is 0 Å². The van der Waals surface area contributed by atoms with Crippen molar-refractivity contribution >= 4 is 5.97 Å². The number of aromatic nitrogens is 2. The summed E-state index contributed by atoms with van der Waals surface area (Å²) in [6.45, 7) is 11.0. The number of fused-ring (bicyclic) bond motifs is 1. The lowest BCUT2D eigenvalue weighted by Crippen LogP contribution is -2.35. The number of aliphatic carboxylic acids is 1. The van der Waals surface area contributed by atoms with Crippen LogP contribution in [0.15, 0.2) is 48.7 Å². The molecule has 0 aliphatic carbocycles. The largest absolute Gasteiger partial charge is 0.489 e. The van der Waals surface area contributed by atoms with Crippen LogP contribution < -0.4 is 4.74 Å². The van der Waals surface area contributed by atoms with E-state index in [1.54, 1.807) is 18.3 Å². The number of ether oxygens (including phenoxy) is 1. The minimum atomic E-state index is -0.777. The average molecular weight is 492 g/mol. The Kier molecular flexibility index (Phi) is 7.69. The molecule has 3 aromatic rings. The zero-order chi connectivity index (χ0) is 25.9. The van der Waals surface area contributed by atoms with Crippen molar-refractivity contribution in [2.45, 2.75) is 59.1 Å². The summed E-state index contributed by atoms with van der Waals surface area (Å²) in [7, 11) is 0. The van der Waals surface area contributed by atoms with Gasteiger partial charge in [-0.1, -0.05) is 52.0 Å². The molecule has 4 rings (SSSR count). The molecular weight excluding hydrogens is 457 g/mol. The highest BCUT2D eigenvalue weighted by Gasteiger charge is 2.22. The van der Waals surface area contributed by atoms with E-state index in [0.29, 0.717) is 36.8 Å². The molecule has 1 aliphatic rings. The fourth-order valence-electron chi connectivity index (χ4n) is 4.50. The molecule has 1 N–H and O–H groups in total. The van der Waals surface area contributed by atoms with Gasteiger partial charge in [-0.25, -0.2) is 14.4 Å². The van der Waals surface area contributed by atoms with E-state index in [4.69, 9.17) is 9.84 Å². The number of carboxylic acid groups (broad SMARTS) is 1. The van der Waals surface area contributed by atoms with Crippen molar-refractivity contribution in [3.8, 4) is 17.1 Å². The highest BCUT2D eigenvalue weighted by Crippen LogP contribution is 2.27. The number of carboxylic acids is 1. The molecule has 190 valence electrons. The normalized spacial score (nSPS) is 14.8. The van der Waals surface area contributed by atoms with Crippen molar-refractivity contribution in [2.24, 2.45) is 5.92 Å². The minimum Gasteiger partial charge on any atom is -0.489 e. The first kappa shape index (κ1) is 25.8. The molecule has 1 aromatic heterocycles. The Morgan fingerprint density at radius 1 is 1.19 bits per heavy atom. The van der Waals surface area contributed by atoms with Crippen molar-refractivity contribution in [3.05, 3.63) is 76.9 Å². The van der Waals surface area contributed by atoms with Gasteiger partial charge in [-0.15, -0.1) is 0 Å². The molecule has 0 spiro atoms. The summed E-state index contributed by atoms with van der Waals surface area (Å²) in [4.78, 5) is 22.2. The van der Waals surface area contributed by atoms with Crippen LogP contribution >= 0.6 is 0 Å². The fourth-order valence-corrected chi connectivity index (χ4v) is 4.50. The van der Waals surface area contributed by atoms with E-state index in [-0.39, 0.29) is 17.8 Å². The molecule has 36 heavy (non-hydrogen) atoms. The summed E-state index contributed by atoms with van der Waals surface area (Å²) >= 11 is 0. The Hall–Kier alpha value is -3.32. The number of hydrogen-bond acceptors (Lipinski definition) is 5. The molecule has 0 saturated heterocycles. The smallest absolute Gasteiger partial charge is 0.303 e. The van der Waals surface area contributed by atoms with Crippen LogP contribution in [-0.2, 0) is 29.8 Å². The van der Waals surface area contributed by atoms with E-state index >= 15 is 0 Å². The van der Waals surface area contributed by atoms with Crippen LogP contribution in [0.1, 0.15) is 56.5 Å². The van der Waals surface area contributed by atoms with Gasteiger partial charge in [-0.3, -0.25) is 9.69 Å². The second kappa shape index (κ2) is 10.7. The molecule has 0 amide bonds. The van der Waals surface area contributed by atoms with E-state index in [1.807, 2.05) is 19.1 Å². The van der Waals surface area contributed by atoms with E-state index in [9.17, 15) is 9.18 Å². The van der Waals surface area contributed by atoms with Crippen LogP contribution in [0.4, 0.5) is 4.39 Å². The number of hydrogen-bond donors (Lipinski definition) is 1. The van der Waals surface area contributed by atoms with Crippen LogP contribution in [-0.4, -0.2) is 39.0 Å². The van der Waals surface area contributed by atoms with Gasteiger partial charge >= 0.3 is 5.97 Å². The molecule has 2 aromatic carbocycles. The van der Waals surface area contributed by atoms with Crippen molar-refractivity contribution in [1.82, 2.24) is 14.9 Å². The second-order valence-corrected chi connectivity index (χ2v) is 10.7. The summed E-state index contributed by atoms with van der Waals surface area (Å²) in [5.74, 6) is -0.304. The molecular formula is C29H34FN3O3. The lowest BCUT2D eigenvalue weighted by atomic mass is 9.87. The zero-order valence-corrected chi connectivity index (χ0v) is 21.4. The molecule has 0 bridgehead atoms. The van der Waals surface area contributed by atoms with E-state index in [1.165, 1.54) is 11.6 Å². The molecule has 0 saturated carbocycles. The Morgan fingerprint density at radius 2 is 1.94 bits per heavy atom. The zero-order valence-electron chi connectivity index (χ0n) is 21.4. The SMILES string of the molecule is CC(CC(=O)O)CN1CCc2nc(-c3ccc(OCc4ccc(C(C)(C)C)cc4)cc3F)ncc2C1. The Morgan fingerprint density at radius 3 is 2.61 bits per heavy atom. The van der Waals surface area contributed by atoms with Crippen LogP contribution in [0, 0.1) is 11.7 Å². The maximum absolute atomic E-state index is 15.0. The first-order valence-corrected chi connectivity index (χ1v) is 12.4. The van der Waals surface area contributed by atoms with Gasteiger partial charge in [0.25, 0.3) is 0 Å².